The van der Waals surface area contributed by atoms with Crippen LogP contribution in [0.2, 0.25) is 0 Å². The first-order valence-electron chi connectivity index (χ1n) is 10.8. The van der Waals surface area contributed by atoms with Gasteiger partial charge in [-0.05, 0) is 61.4 Å². The average Bonchev–Trinajstić information content (AvgIpc) is 3.30. The SMILES string of the molecule is CCCCCN1C(=O)c2[nH]nc(-c3cc(C)cc(C)c3O)c2C1c1ccc(SC)cc1. The van der Waals surface area contributed by atoms with Crippen molar-refractivity contribution in [2.24, 2.45) is 0 Å². The number of amides is 1. The molecule has 1 amide bonds. The van der Waals surface area contributed by atoms with Gasteiger partial charge in [0.2, 0.25) is 0 Å². The Hall–Kier alpha value is -2.73. The van der Waals surface area contributed by atoms with Gasteiger partial charge in [-0.1, -0.05) is 38.0 Å². The third-order valence-electron chi connectivity index (χ3n) is 6.00. The summed E-state index contributed by atoms with van der Waals surface area (Å²) in [6, 6.07) is 12.1. The predicted molar refractivity (Wildman–Crippen MR) is 126 cm³/mol. The number of thioether (sulfide) groups is 1. The van der Waals surface area contributed by atoms with Gasteiger partial charge in [0.25, 0.3) is 5.91 Å². The number of H-pyrrole nitrogens is 1. The van der Waals surface area contributed by atoms with E-state index in [9.17, 15) is 9.90 Å². The van der Waals surface area contributed by atoms with Crippen LogP contribution in [0.4, 0.5) is 0 Å². The lowest BCUT2D eigenvalue weighted by atomic mass is 9.94. The second kappa shape index (κ2) is 8.79. The van der Waals surface area contributed by atoms with Gasteiger partial charge in [-0.2, -0.15) is 5.10 Å². The van der Waals surface area contributed by atoms with Gasteiger partial charge >= 0.3 is 0 Å². The highest BCUT2D eigenvalue weighted by atomic mass is 32.2. The van der Waals surface area contributed by atoms with Crippen molar-refractivity contribution in [3.05, 3.63) is 64.3 Å². The molecule has 0 saturated carbocycles. The van der Waals surface area contributed by atoms with Gasteiger partial charge in [-0.15, -0.1) is 11.8 Å². The smallest absolute Gasteiger partial charge is 0.273 e. The normalized spacial score (nSPS) is 15.5. The number of aryl methyl sites for hydroxylation is 2. The van der Waals surface area contributed by atoms with Crippen molar-refractivity contribution in [1.82, 2.24) is 15.1 Å². The number of nitrogens with one attached hydrogen (secondary N) is 1. The molecule has 2 heterocycles. The average molecular weight is 436 g/mol. The van der Waals surface area contributed by atoms with Gasteiger partial charge in [-0.3, -0.25) is 9.89 Å². The summed E-state index contributed by atoms with van der Waals surface area (Å²) in [5, 5.41) is 18.3. The minimum Gasteiger partial charge on any atom is -0.507 e. The number of hydrogen-bond acceptors (Lipinski definition) is 4. The van der Waals surface area contributed by atoms with E-state index in [-0.39, 0.29) is 17.7 Å². The molecule has 1 aliphatic heterocycles. The lowest BCUT2D eigenvalue weighted by Gasteiger charge is -2.26. The molecule has 2 aromatic carbocycles. The minimum absolute atomic E-state index is 0.0207. The number of aromatic amines is 1. The summed E-state index contributed by atoms with van der Waals surface area (Å²) in [6.45, 7) is 6.75. The molecule has 1 aliphatic rings. The molecule has 0 bridgehead atoms. The second-order valence-corrected chi connectivity index (χ2v) is 9.10. The van der Waals surface area contributed by atoms with Crippen LogP contribution in [0.5, 0.6) is 5.75 Å². The van der Waals surface area contributed by atoms with Gasteiger partial charge < -0.3 is 10.0 Å². The van der Waals surface area contributed by atoms with Crippen molar-refractivity contribution in [3.63, 3.8) is 0 Å². The van der Waals surface area contributed by atoms with Gasteiger partial charge in [0.1, 0.15) is 17.1 Å². The fourth-order valence-electron chi connectivity index (χ4n) is 4.44. The van der Waals surface area contributed by atoms with Crippen molar-refractivity contribution in [2.75, 3.05) is 12.8 Å². The molecule has 162 valence electrons. The van der Waals surface area contributed by atoms with Crippen molar-refractivity contribution in [3.8, 4) is 17.0 Å². The molecular formula is C25H29N3O2S. The molecule has 2 N–H and O–H groups in total. The number of benzene rings is 2. The molecule has 5 nitrogen and oxygen atoms in total. The zero-order valence-corrected chi connectivity index (χ0v) is 19.3. The number of carbonyl (C=O) groups excluding carboxylic acids is 1. The highest BCUT2D eigenvalue weighted by molar-refractivity contribution is 7.98. The highest BCUT2D eigenvalue weighted by Crippen LogP contribution is 2.45. The standard InChI is InChI=1S/C25H29N3O2S/c1-5-6-7-12-28-23(17-8-10-18(31-4)11-9-17)20-21(26-27-22(20)25(28)30)19-14-15(2)13-16(3)24(19)29/h8-11,13-14,23,29H,5-7,12H2,1-4H3,(H,26,27). The highest BCUT2D eigenvalue weighted by Gasteiger charge is 2.42. The largest absolute Gasteiger partial charge is 0.507 e. The fraction of sp³-hybridized carbons (Fsp3) is 0.360. The molecule has 0 saturated heterocycles. The quantitative estimate of drug-likeness (QED) is 0.360. The summed E-state index contributed by atoms with van der Waals surface area (Å²) in [6.07, 6.45) is 5.20. The number of unbranched alkanes of at least 4 members (excludes halogenated alkanes) is 2. The third kappa shape index (κ3) is 3.85. The Morgan fingerprint density at radius 1 is 1.16 bits per heavy atom. The van der Waals surface area contributed by atoms with Crippen LogP contribution in [0.1, 0.15) is 65.0 Å². The second-order valence-electron chi connectivity index (χ2n) is 8.22. The molecule has 1 unspecified atom stereocenters. The van der Waals surface area contributed by atoms with Crippen LogP contribution >= 0.6 is 11.8 Å². The summed E-state index contributed by atoms with van der Waals surface area (Å²) in [5.74, 6) is 0.195. The van der Waals surface area contributed by atoms with Crippen LogP contribution in [0.25, 0.3) is 11.3 Å². The fourth-order valence-corrected chi connectivity index (χ4v) is 4.85. The third-order valence-corrected chi connectivity index (χ3v) is 6.74. The summed E-state index contributed by atoms with van der Waals surface area (Å²) in [7, 11) is 0. The molecule has 6 heteroatoms. The van der Waals surface area contributed by atoms with E-state index in [1.807, 2.05) is 30.9 Å². The molecule has 3 aromatic rings. The topological polar surface area (TPSA) is 69.2 Å². The maximum atomic E-state index is 13.3. The maximum Gasteiger partial charge on any atom is 0.273 e. The minimum atomic E-state index is -0.218. The van der Waals surface area contributed by atoms with E-state index in [1.165, 1.54) is 4.90 Å². The van der Waals surface area contributed by atoms with E-state index >= 15 is 0 Å². The Labute approximate surface area is 187 Å². The molecule has 0 spiro atoms. The van der Waals surface area contributed by atoms with Gasteiger partial charge in [0, 0.05) is 22.6 Å². The molecular weight excluding hydrogens is 406 g/mol. The molecule has 1 atom stereocenters. The Morgan fingerprint density at radius 2 is 1.90 bits per heavy atom. The molecule has 0 fully saturated rings. The number of fused-ring (bicyclic) bond motifs is 1. The number of rotatable bonds is 7. The number of phenolic OH excluding ortho intramolecular Hbond substituents is 1. The Kier molecular flexibility index (Phi) is 6.10. The lowest BCUT2D eigenvalue weighted by Crippen LogP contribution is -2.30. The first-order chi connectivity index (χ1) is 15.0. The number of phenols is 1. The Balaban J connectivity index is 1.86. The monoisotopic (exact) mass is 435 g/mol. The number of aromatic nitrogens is 2. The van der Waals surface area contributed by atoms with E-state index in [2.05, 4.69) is 47.6 Å². The molecule has 0 aliphatic carbocycles. The van der Waals surface area contributed by atoms with Crippen LogP contribution in [0, 0.1) is 13.8 Å². The van der Waals surface area contributed by atoms with Crippen molar-refractivity contribution < 1.29 is 9.90 Å². The van der Waals surface area contributed by atoms with Gasteiger partial charge in [0.15, 0.2) is 0 Å². The number of aromatic hydroxyl groups is 1. The zero-order valence-electron chi connectivity index (χ0n) is 18.5. The van der Waals surface area contributed by atoms with Crippen molar-refractivity contribution in [1.29, 1.82) is 0 Å². The predicted octanol–water partition coefficient (Wildman–Crippen LogP) is 5.86. The number of hydrogen-bond donors (Lipinski definition) is 2. The van der Waals surface area contributed by atoms with E-state index in [4.69, 9.17) is 0 Å². The molecule has 4 rings (SSSR count). The summed E-state index contributed by atoms with van der Waals surface area (Å²) < 4.78 is 0. The molecule has 31 heavy (non-hydrogen) atoms. The van der Waals surface area contributed by atoms with E-state index in [0.717, 1.165) is 41.5 Å². The van der Waals surface area contributed by atoms with Crippen LogP contribution < -0.4 is 0 Å². The van der Waals surface area contributed by atoms with E-state index in [1.54, 1.807) is 11.8 Å². The number of carbonyl (C=O) groups is 1. The summed E-state index contributed by atoms with van der Waals surface area (Å²) in [4.78, 5) is 16.5. The van der Waals surface area contributed by atoms with E-state index in [0.29, 0.717) is 23.5 Å². The van der Waals surface area contributed by atoms with Crippen LogP contribution in [-0.2, 0) is 0 Å². The summed E-state index contributed by atoms with van der Waals surface area (Å²) >= 11 is 1.70. The lowest BCUT2D eigenvalue weighted by molar-refractivity contribution is 0.0740. The Bertz CT molecular complexity index is 1100. The van der Waals surface area contributed by atoms with Gasteiger partial charge in [0.05, 0.1) is 6.04 Å². The molecule has 0 radical (unpaired) electrons. The first kappa shape index (κ1) is 21.5. The van der Waals surface area contributed by atoms with Crippen molar-refractivity contribution in [2.45, 2.75) is 51.0 Å². The van der Waals surface area contributed by atoms with Crippen LogP contribution in [-0.4, -0.2) is 38.9 Å². The van der Waals surface area contributed by atoms with Crippen LogP contribution in [0.15, 0.2) is 41.3 Å². The Morgan fingerprint density at radius 3 is 2.58 bits per heavy atom. The summed E-state index contributed by atoms with van der Waals surface area (Å²) in [5.41, 5.74) is 5.63. The van der Waals surface area contributed by atoms with Crippen molar-refractivity contribution >= 4 is 17.7 Å². The zero-order chi connectivity index (χ0) is 22.1. The number of nitrogens with zero attached hydrogens (tertiary/aromatic N) is 2. The maximum absolute atomic E-state index is 13.3. The first-order valence-corrected chi connectivity index (χ1v) is 12.0. The van der Waals surface area contributed by atoms with Gasteiger partial charge in [-0.25, -0.2) is 0 Å². The van der Waals surface area contributed by atoms with Crippen LogP contribution in [0.3, 0.4) is 0 Å². The van der Waals surface area contributed by atoms with E-state index < -0.39 is 0 Å². The molecule has 1 aromatic heterocycles.